The molecule has 2 heterocycles. The molecule has 2 N–H and O–H groups in total. The van der Waals surface area contributed by atoms with Crippen molar-refractivity contribution < 1.29 is 19.5 Å². The number of anilines is 2. The van der Waals surface area contributed by atoms with Crippen molar-refractivity contribution in [2.24, 2.45) is 5.92 Å². The van der Waals surface area contributed by atoms with Crippen LogP contribution in [0, 0.1) is 5.92 Å². The van der Waals surface area contributed by atoms with Gasteiger partial charge in [-0.05, 0) is 36.6 Å². The molecule has 2 aromatic rings. The lowest BCUT2D eigenvalue weighted by atomic mass is 10.1. The summed E-state index contributed by atoms with van der Waals surface area (Å²) in [4.78, 5) is 41.6. The smallest absolute Gasteiger partial charge is 0.407 e. The summed E-state index contributed by atoms with van der Waals surface area (Å²) in [5.74, 6) is 0.0177. The number of carbonyl (C=O) groups is 3. The van der Waals surface area contributed by atoms with Crippen LogP contribution in [0.2, 0.25) is 0 Å². The minimum absolute atomic E-state index is 0.0946. The van der Waals surface area contributed by atoms with Gasteiger partial charge in [0.15, 0.2) is 0 Å². The first-order valence-corrected chi connectivity index (χ1v) is 10.0. The van der Waals surface area contributed by atoms with Gasteiger partial charge >= 0.3 is 12.1 Å². The third kappa shape index (κ3) is 3.94. The molecule has 156 valence electrons. The molecule has 0 spiro atoms. The Labute approximate surface area is 174 Å². The number of amides is 4. The summed E-state index contributed by atoms with van der Waals surface area (Å²) in [6.07, 6.45) is -0.181. The fourth-order valence-corrected chi connectivity index (χ4v) is 4.02. The van der Waals surface area contributed by atoms with Gasteiger partial charge in [-0.15, -0.1) is 0 Å². The predicted octanol–water partition coefficient (Wildman–Crippen LogP) is 2.86. The zero-order valence-electron chi connectivity index (χ0n) is 16.5. The third-order valence-electron chi connectivity index (χ3n) is 5.62. The number of hydrogen-bond donors (Lipinski definition) is 2. The summed E-state index contributed by atoms with van der Waals surface area (Å²) in [6.45, 7) is 2.14. The number of nitrogens with zero attached hydrogens (tertiary/aromatic N) is 3. The molecule has 4 amide bonds. The Kier molecular flexibility index (Phi) is 5.56. The molecule has 8 nitrogen and oxygen atoms in total. The largest absolute Gasteiger partial charge is 0.465 e. The monoisotopic (exact) mass is 408 g/mol. The minimum atomic E-state index is -0.919. The summed E-state index contributed by atoms with van der Waals surface area (Å²) in [5.41, 5.74) is 1.99. The molecule has 1 atom stereocenters. The summed E-state index contributed by atoms with van der Waals surface area (Å²) >= 11 is 0. The maximum atomic E-state index is 13.0. The average Bonchev–Trinajstić information content (AvgIpc) is 3.26. The SMILES string of the molecule is O=C(O)N1CCC(CNC(=O)N2CCN(C(=O)c3ccccc3)c3ccccc32)C1. The number of nitrogens with one attached hydrogen (secondary N) is 1. The molecule has 2 aliphatic rings. The van der Waals surface area contributed by atoms with Crippen LogP contribution < -0.4 is 15.1 Å². The second-order valence-electron chi connectivity index (χ2n) is 7.53. The van der Waals surface area contributed by atoms with Crippen molar-refractivity contribution in [2.75, 3.05) is 42.5 Å². The van der Waals surface area contributed by atoms with Crippen molar-refractivity contribution >= 4 is 29.4 Å². The third-order valence-corrected chi connectivity index (χ3v) is 5.62. The van der Waals surface area contributed by atoms with E-state index in [4.69, 9.17) is 5.11 Å². The summed E-state index contributed by atoms with van der Waals surface area (Å²) in [7, 11) is 0. The van der Waals surface area contributed by atoms with Gasteiger partial charge in [-0.25, -0.2) is 9.59 Å². The Balaban J connectivity index is 1.45. The topological polar surface area (TPSA) is 93.2 Å². The first kappa shape index (κ1) is 19.8. The molecule has 8 heteroatoms. The lowest BCUT2D eigenvalue weighted by Crippen LogP contribution is -2.50. The van der Waals surface area contributed by atoms with Crippen molar-refractivity contribution in [3.63, 3.8) is 0 Å². The standard InChI is InChI=1S/C22H24N4O4/c27-20(17-6-2-1-3-7-17)25-12-13-26(19-9-5-4-8-18(19)25)21(28)23-14-16-10-11-24(15-16)22(29)30/h1-9,16H,10-15H2,(H,23,28)(H,29,30). The van der Waals surface area contributed by atoms with Gasteiger partial charge in [0.2, 0.25) is 0 Å². The number of urea groups is 1. The summed E-state index contributed by atoms with van der Waals surface area (Å²) < 4.78 is 0. The van der Waals surface area contributed by atoms with E-state index < -0.39 is 6.09 Å². The lowest BCUT2D eigenvalue weighted by Gasteiger charge is -2.36. The normalized spacial score (nSPS) is 18.1. The summed E-state index contributed by atoms with van der Waals surface area (Å²) in [5, 5.41) is 12.0. The maximum Gasteiger partial charge on any atom is 0.407 e. The highest BCUT2D eigenvalue weighted by molar-refractivity contribution is 6.10. The zero-order valence-corrected chi connectivity index (χ0v) is 16.5. The molecule has 2 aromatic carbocycles. The van der Waals surface area contributed by atoms with E-state index in [1.165, 1.54) is 4.90 Å². The van der Waals surface area contributed by atoms with Crippen LogP contribution in [0.1, 0.15) is 16.8 Å². The van der Waals surface area contributed by atoms with Crippen LogP contribution in [0.4, 0.5) is 21.0 Å². The van der Waals surface area contributed by atoms with Crippen molar-refractivity contribution in [3.8, 4) is 0 Å². The zero-order chi connectivity index (χ0) is 21.1. The van der Waals surface area contributed by atoms with E-state index in [9.17, 15) is 14.4 Å². The van der Waals surface area contributed by atoms with Crippen molar-refractivity contribution in [3.05, 3.63) is 60.2 Å². The molecule has 30 heavy (non-hydrogen) atoms. The van der Waals surface area contributed by atoms with E-state index in [1.54, 1.807) is 21.9 Å². The number of benzene rings is 2. The number of para-hydroxylation sites is 2. The first-order valence-electron chi connectivity index (χ1n) is 10.0. The molecule has 4 rings (SSSR count). The van der Waals surface area contributed by atoms with E-state index in [0.29, 0.717) is 49.7 Å². The molecule has 1 unspecified atom stereocenters. The molecule has 0 saturated carbocycles. The van der Waals surface area contributed by atoms with Gasteiger partial charge in [-0.3, -0.25) is 9.69 Å². The Morgan fingerprint density at radius 2 is 1.53 bits per heavy atom. The number of carbonyl (C=O) groups excluding carboxylic acids is 2. The van der Waals surface area contributed by atoms with Crippen LogP contribution in [0.5, 0.6) is 0 Å². The van der Waals surface area contributed by atoms with Crippen LogP contribution in [-0.4, -0.2) is 60.8 Å². The number of rotatable bonds is 3. The number of fused-ring (bicyclic) bond motifs is 1. The highest BCUT2D eigenvalue weighted by Gasteiger charge is 2.31. The highest BCUT2D eigenvalue weighted by atomic mass is 16.4. The van der Waals surface area contributed by atoms with E-state index in [1.807, 2.05) is 42.5 Å². The van der Waals surface area contributed by atoms with Crippen LogP contribution in [0.3, 0.4) is 0 Å². The maximum absolute atomic E-state index is 13.0. The van der Waals surface area contributed by atoms with Gasteiger partial charge in [0, 0.05) is 38.3 Å². The number of carboxylic acid groups (broad SMARTS) is 1. The van der Waals surface area contributed by atoms with Gasteiger partial charge in [0.25, 0.3) is 5.91 Å². The van der Waals surface area contributed by atoms with Gasteiger partial charge in [0.1, 0.15) is 0 Å². The molecule has 0 aliphatic carbocycles. The molecule has 0 bridgehead atoms. The highest BCUT2D eigenvalue weighted by Crippen LogP contribution is 2.33. The van der Waals surface area contributed by atoms with E-state index in [0.717, 1.165) is 6.42 Å². The van der Waals surface area contributed by atoms with Crippen molar-refractivity contribution in [1.29, 1.82) is 0 Å². The van der Waals surface area contributed by atoms with Gasteiger partial charge < -0.3 is 20.2 Å². The van der Waals surface area contributed by atoms with Crippen molar-refractivity contribution in [2.45, 2.75) is 6.42 Å². The predicted molar refractivity (Wildman–Crippen MR) is 113 cm³/mol. The van der Waals surface area contributed by atoms with E-state index >= 15 is 0 Å². The molecular formula is C22H24N4O4. The molecule has 0 radical (unpaired) electrons. The number of hydrogen-bond acceptors (Lipinski definition) is 3. The quantitative estimate of drug-likeness (QED) is 0.817. The van der Waals surface area contributed by atoms with Gasteiger partial charge in [-0.2, -0.15) is 0 Å². The van der Waals surface area contributed by atoms with E-state index in [-0.39, 0.29) is 17.9 Å². The first-order chi connectivity index (χ1) is 14.5. The average molecular weight is 408 g/mol. The molecular weight excluding hydrogens is 384 g/mol. The molecule has 0 aromatic heterocycles. The second kappa shape index (κ2) is 8.44. The fraction of sp³-hybridized carbons (Fsp3) is 0.318. The Hall–Kier alpha value is -3.55. The Bertz CT molecular complexity index is 949. The minimum Gasteiger partial charge on any atom is -0.465 e. The van der Waals surface area contributed by atoms with Gasteiger partial charge in [-0.1, -0.05) is 30.3 Å². The Morgan fingerprint density at radius 3 is 2.20 bits per heavy atom. The number of likely N-dealkylation sites (tertiary alicyclic amines) is 1. The Morgan fingerprint density at radius 1 is 0.900 bits per heavy atom. The molecule has 2 aliphatic heterocycles. The van der Waals surface area contributed by atoms with Crippen LogP contribution in [0.15, 0.2) is 54.6 Å². The van der Waals surface area contributed by atoms with Crippen LogP contribution >= 0.6 is 0 Å². The summed E-state index contributed by atoms with van der Waals surface area (Å²) in [6, 6.07) is 16.2. The lowest BCUT2D eigenvalue weighted by molar-refractivity contribution is 0.0986. The van der Waals surface area contributed by atoms with Crippen molar-refractivity contribution in [1.82, 2.24) is 10.2 Å². The second-order valence-corrected chi connectivity index (χ2v) is 7.53. The van der Waals surface area contributed by atoms with Crippen LogP contribution in [-0.2, 0) is 0 Å². The van der Waals surface area contributed by atoms with Crippen LogP contribution in [0.25, 0.3) is 0 Å². The fourth-order valence-electron chi connectivity index (χ4n) is 4.02. The molecule has 1 saturated heterocycles. The van der Waals surface area contributed by atoms with Gasteiger partial charge in [0.05, 0.1) is 11.4 Å². The molecule has 1 fully saturated rings. The van der Waals surface area contributed by atoms with E-state index in [2.05, 4.69) is 5.32 Å².